The molecule has 4 heteroatoms. The second-order valence-corrected chi connectivity index (χ2v) is 4.69. The highest BCUT2D eigenvalue weighted by Crippen LogP contribution is 2.32. The van der Waals surface area contributed by atoms with Gasteiger partial charge >= 0.3 is 5.97 Å². The molecule has 0 heterocycles. The molecule has 1 N–H and O–H groups in total. The Morgan fingerprint density at radius 1 is 1.26 bits per heavy atom. The van der Waals surface area contributed by atoms with Gasteiger partial charge in [-0.3, -0.25) is 4.79 Å². The van der Waals surface area contributed by atoms with E-state index in [0.717, 1.165) is 28.0 Å². The summed E-state index contributed by atoms with van der Waals surface area (Å²) in [5.41, 5.74) is 4.45. The summed E-state index contributed by atoms with van der Waals surface area (Å²) < 4.78 is 10.2. The SMILES string of the molecule is CNC(CC(=O)OC)c1cc(C)c(OC)c(C)c1C. The van der Waals surface area contributed by atoms with Gasteiger partial charge in [-0.25, -0.2) is 0 Å². The quantitative estimate of drug-likeness (QED) is 0.831. The molecule has 0 aromatic heterocycles. The summed E-state index contributed by atoms with van der Waals surface area (Å²) in [4.78, 5) is 11.5. The minimum atomic E-state index is -0.218. The van der Waals surface area contributed by atoms with Crippen molar-refractivity contribution in [1.29, 1.82) is 0 Å². The van der Waals surface area contributed by atoms with Gasteiger partial charge in [-0.05, 0) is 50.1 Å². The maximum atomic E-state index is 11.5. The first kappa shape index (κ1) is 15.5. The number of rotatable bonds is 5. The van der Waals surface area contributed by atoms with Crippen LogP contribution in [-0.4, -0.2) is 27.2 Å². The van der Waals surface area contributed by atoms with Crippen molar-refractivity contribution in [2.75, 3.05) is 21.3 Å². The van der Waals surface area contributed by atoms with Gasteiger partial charge in [0.1, 0.15) is 5.75 Å². The number of hydrogen-bond donors (Lipinski definition) is 1. The van der Waals surface area contributed by atoms with Crippen LogP contribution in [0.5, 0.6) is 5.75 Å². The highest BCUT2D eigenvalue weighted by atomic mass is 16.5. The molecule has 0 spiro atoms. The second kappa shape index (κ2) is 6.57. The highest BCUT2D eigenvalue weighted by molar-refractivity contribution is 5.70. The molecule has 106 valence electrons. The van der Waals surface area contributed by atoms with E-state index in [9.17, 15) is 4.79 Å². The second-order valence-electron chi connectivity index (χ2n) is 4.69. The molecule has 0 aliphatic rings. The Labute approximate surface area is 115 Å². The number of methoxy groups -OCH3 is 2. The predicted octanol–water partition coefficient (Wildman–Crippen LogP) is 2.44. The van der Waals surface area contributed by atoms with Crippen molar-refractivity contribution in [2.45, 2.75) is 33.2 Å². The molecule has 1 unspecified atom stereocenters. The van der Waals surface area contributed by atoms with Crippen LogP contribution >= 0.6 is 0 Å². The van der Waals surface area contributed by atoms with Crippen molar-refractivity contribution in [1.82, 2.24) is 5.32 Å². The third kappa shape index (κ3) is 3.26. The van der Waals surface area contributed by atoms with E-state index >= 15 is 0 Å². The smallest absolute Gasteiger partial charge is 0.307 e. The first-order valence-electron chi connectivity index (χ1n) is 6.35. The van der Waals surface area contributed by atoms with Crippen LogP contribution in [0.2, 0.25) is 0 Å². The van der Waals surface area contributed by atoms with Crippen molar-refractivity contribution < 1.29 is 14.3 Å². The van der Waals surface area contributed by atoms with Crippen LogP contribution in [0.1, 0.15) is 34.7 Å². The van der Waals surface area contributed by atoms with Gasteiger partial charge < -0.3 is 14.8 Å². The lowest BCUT2D eigenvalue weighted by Crippen LogP contribution is -2.22. The van der Waals surface area contributed by atoms with E-state index < -0.39 is 0 Å². The van der Waals surface area contributed by atoms with Gasteiger partial charge in [0.15, 0.2) is 0 Å². The summed E-state index contributed by atoms with van der Waals surface area (Å²) in [5.74, 6) is 0.694. The van der Waals surface area contributed by atoms with E-state index in [1.807, 2.05) is 27.8 Å². The van der Waals surface area contributed by atoms with E-state index in [2.05, 4.69) is 11.4 Å². The molecule has 0 aliphatic carbocycles. The molecule has 0 amide bonds. The van der Waals surface area contributed by atoms with Crippen LogP contribution < -0.4 is 10.1 Å². The van der Waals surface area contributed by atoms with Crippen molar-refractivity contribution >= 4 is 5.97 Å². The first-order chi connectivity index (χ1) is 8.96. The molecule has 0 fully saturated rings. The minimum Gasteiger partial charge on any atom is -0.496 e. The molecule has 4 nitrogen and oxygen atoms in total. The molecule has 1 rings (SSSR count). The van der Waals surface area contributed by atoms with Crippen LogP contribution in [-0.2, 0) is 9.53 Å². The van der Waals surface area contributed by atoms with E-state index in [-0.39, 0.29) is 12.0 Å². The third-order valence-electron chi connectivity index (χ3n) is 3.59. The van der Waals surface area contributed by atoms with Crippen LogP contribution in [0.15, 0.2) is 6.07 Å². The van der Waals surface area contributed by atoms with Gasteiger partial charge in [0.2, 0.25) is 0 Å². The molecule has 0 bridgehead atoms. The van der Waals surface area contributed by atoms with E-state index in [1.165, 1.54) is 7.11 Å². The molecular weight excluding hydrogens is 242 g/mol. The van der Waals surface area contributed by atoms with Gasteiger partial charge in [0.25, 0.3) is 0 Å². The van der Waals surface area contributed by atoms with Crippen LogP contribution in [0, 0.1) is 20.8 Å². The predicted molar refractivity (Wildman–Crippen MR) is 75.6 cm³/mol. The number of hydrogen-bond acceptors (Lipinski definition) is 4. The standard InChI is InChI=1S/C15H23NO3/c1-9-7-12(10(2)11(3)15(9)19-6)13(16-4)8-14(17)18-5/h7,13,16H,8H2,1-6H3. The van der Waals surface area contributed by atoms with Gasteiger partial charge in [0, 0.05) is 6.04 Å². The van der Waals surface area contributed by atoms with E-state index in [1.54, 1.807) is 7.11 Å². The lowest BCUT2D eigenvalue weighted by molar-refractivity contribution is -0.141. The zero-order valence-corrected chi connectivity index (χ0v) is 12.6. The maximum absolute atomic E-state index is 11.5. The lowest BCUT2D eigenvalue weighted by atomic mass is 9.92. The number of esters is 1. The van der Waals surface area contributed by atoms with Gasteiger partial charge in [-0.1, -0.05) is 6.07 Å². The van der Waals surface area contributed by atoms with Crippen molar-refractivity contribution in [3.05, 3.63) is 28.3 Å². The van der Waals surface area contributed by atoms with Crippen molar-refractivity contribution in [2.24, 2.45) is 0 Å². The fourth-order valence-electron chi connectivity index (χ4n) is 2.38. The van der Waals surface area contributed by atoms with Crippen LogP contribution in [0.25, 0.3) is 0 Å². The fourth-order valence-corrected chi connectivity index (χ4v) is 2.38. The monoisotopic (exact) mass is 265 g/mol. The summed E-state index contributed by atoms with van der Waals surface area (Å²) in [6.45, 7) is 6.10. The van der Waals surface area contributed by atoms with Crippen LogP contribution in [0.4, 0.5) is 0 Å². The normalized spacial score (nSPS) is 12.1. The zero-order valence-electron chi connectivity index (χ0n) is 12.6. The Morgan fingerprint density at radius 3 is 2.37 bits per heavy atom. The third-order valence-corrected chi connectivity index (χ3v) is 3.59. The molecule has 1 aromatic carbocycles. The lowest BCUT2D eigenvalue weighted by Gasteiger charge is -2.22. The van der Waals surface area contributed by atoms with Gasteiger partial charge in [-0.15, -0.1) is 0 Å². The summed E-state index contributed by atoms with van der Waals surface area (Å²) in [5, 5.41) is 3.17. The van der Waals surface area contributed by atoms with Crippen LogP contribution in [0.3, 0.4) is 0 Å². The van der Waals surface area contributed by atoms with Crippen molar-refractivity contribution in [3.8, 4) is 5.75 Å². The summed E-state index contributed by atoms with van der Waals surface area (Å²) in [7, 11) is 4.94. The highest BCUT2D eigenvalue weighted by Gasteiger charge is 2.20. The van der Waals surface area contributed by atoms with E-state index in [0.29, 0.717) is 6.42 Å². The molecule has 1 atom stereocenters. The summed E-state index contributed by atoms with van der Waals surface area (Å²) in [6.07, 6.45) is 0.319. The largest absolute Gasteiger partial charge is 0.496 e. The number of nitrogens with one attached hydrogen (secondary N) is 1. The zero-order chi connectivity index (χ0) is 14.6. The minimum absolute atomic E-state index is 0.0456. The molecule has 1 aromatic rings. The van der Waals surface area contributed by atoms with Gasteiger partial charge in [0.05, 0.1) is 20.6 Å². The Bertz CT molecular complexity index is 469. The topological polar surface area (TPSA) is 47.6 Å². The van der Waals surface area contributed by atoms with Crippen molar-refractivity contribution in [3.63, 3.8) is 0 Å². The number of carbonyl (C=O) groups is 1. The number of carbonyl (C=O) groups excluding carboxylic acids is 1. The number of benzene rings is 1. The average Bonchev–Trinajstić information content (AvgIpc) is 2.40. The summed E-state index contributed by atoms with van der Waals surface area (Å²) in [6, 6.07) is 2.03. The number of aryl methyl sites for hydroxylation is 1. The Hall–Kier alpha value is -1.55. The average molecular weight is 265 g/mol. The molecule has 0 saturated heterocycles. The molecule has 19 heavy (non-hydrogen) atoms. The Balaban J connectivity index is 3.22. The fraction of sp³-hybridized carbons (Fsp3) is 0.533. The summed E-state index contributed by atoms with van der Waals surface area (Å²) >= 11 is 0. The first-order valence-corrected chi connectivity index (χ1v) is 6.35. The Kier molecular flexibility index (Phi) is 5.36. The maximum Gasteiger partial charge on any atom is 0.307 e. The van der Waals surface area contributed by atoms with Gasteiger partial charge in [-0.2, -0.15) is 0 Å². The molecule has 0 radical (unpaired) electrons. The Morgan fingerprint density at radius 2 is 1.89 bits per heavy atom. The molecule has 0 aliphatic heterocycles. The molecule has 0 saturated carbocycles. The molecular formula is C15H23NO3. The van der Waals surface area contributed by atoms with E-state index in [4.69, 9.17) is 9.47 Å². The number of ether oxygens (including phenoxy) is 2.